The molecule has 112 valence electrons. The lowest BCUT2D eigenvalue weighted by Crippen LogP contribution is -2.34. The molecule has 5 N–H and O–H groups in total. The van der Waals surface area contributed by atoms with E-state index in [0.717, 1.165) is 0 Å². The Morgan fingerprint density at radius 2 is 2.15 bits per heavy atom. The zero-order valence-corrected chi connectivity index (χ0v) is 12.1. The molecule has 1 atom stereocenters. The highest BCUT2D eigenvalue weighted by Gasteiger charge is 2.18. The summed E-state index contributed by atoms with van der Waals surface area (Å²) in [6, 6.07) is 3.03. The predicted molar refractivity (Wildman–Crippen MR) is 76.0 cm³/mol. The maximum atomic E-state index is 11.5. The van der Waals surface area contributed by atoms with E-state index in [4.69, 9.17) is 20.3 Å². The Bertz CT molecular complexity index is 583. The topological polar surface area (TPSA) is 117 Å². The summed E-state index contributed by atoms with van der Waals surface area (Å²) in [6.07, 6.45) is -0.0671. The summed E-state index contributed by atoms with van der Waals surface area (Å²) in [5.74, 6) is 0. The van der Waals surface area contributed by atoms with Crippen LogP contribution in [-0.4, -0.2) is 40.9 Å². The van der Waals surface area contributed by atoms with Crippen LogP contribution in [0.2, 0.25) is 0 Å². The Morgan fingerprint density at radius 3 is 2.75 bits per heavy atom. The van der Waals surface area contributed by atoms with Gasteiger partial charge in [0.15, 0.2) is 0 Å². The van der Waals surface area contributed by atoms with E-state index in [1.54, 1.807) is 13.0 Å². The van der Waals surface area contributed by atoms with E-state index >= 15 is 0 Å². The minimum atomic E-state index is -3.80. The summed E-state index contributed by atoms with van der Waals surface area (Å²) in [5, 5.41) is 8.31. The lowest BCUT2D eigenvalue weighted by Gasteiger charge is -2.24. The second-order valence-electron chi connectivity index (χ2n) is 4.69. The Morgan fingerprint density at radius 1 is 1.40 bits per heavy atom. The van der Waals surface area contributed by atoms with Crippen molar-refractivity contribution in [2.45, 2.75) is 17.9 Å². The number of sulfonamides is 1. The Kier molecular flexibility index (Phi) is 4.48. The van der Waals surface area contributed by atoms with Crippen LogP contribution in [0.4, 0.5) is 11.4 Å². The minimum absolute atomic E-state index is 0.0285. The van der Waals surface area contributed by atoms with Gasteiger partial charge < -0.3 is 20.5 Å². The average molecular weight is 301 g/mol. The number of hydrogen-bond acceptors (Lipinski definition) is 6. The molecular formula is C12H19N3O4S. The maximum absolute atomic E-state index is 11.5. The molecule has 0 radical (unpaired) electrons. The fourth-order valence-electron chi connectivity index (χ4n) is 2.07. The number of primary sulfonamides is 1. The second kappa shape index (κ2) is 5.96. The molecule has 1 aliphatic heterocycles. The van der Waals surface area contributed by atoms with Crippen molar-refractivity contribution in [2.24, 2.45) is 5.14 Å². The summed E-state index contributed by atoms with van der Waals surface area (Å²) in [7, 11) is -3.80. The molecule has 0 bridgehead atoms. The van der Waals surface area contributed by atoms with Gasteiger partial charge in [0.1, 0.15) is 0 Å². The quantitative estimate of drug-likeness (QED) is 0.677. The van der Waals surface area contributed by atoms with Crippen LogP contribution < -0.4 is 16.2 Å². The molecule has 0 spiro atoms. The van der Waals surface area contributed by atoms with Crippen molar-refractivity contribution in [2.75, 3.05) is 37.4 Å². The summed E-state index contributed by atoms with van der Waals surface area (Å²) < 4.78 is 33.8. The van der Waals surface area contributed by atoms with Crippen LogP contribution in [0.5, 0.6) is 0 Å². The van der Waals surface area contributed by atoms with E-state index in [0.29, 0.717) is 43.3 Å². The van der Waals surface area contributed by atoms with E-state index < -0.39 is 10.0 Å². The van der Waals surface area contributed by atoms with Gasteiger partial charge in [-0.05, 0) is 24.6 Å². The van der Waals surface area contributed by atoms with Crippen LogP contribution in [0.1, 0.15) is 5.56 Å². The SMILES string of the molecule is Cc1c(NCC2COCCO2)cc(N)cc1S(N)(=O)=O. The molecule has 2 rings (SSSR count). The molecule has 20 heavy (non-hydrogen) atoms. The summed E-state index contributed by atoms with van der Waals surface area (Å²) in [6.45, 7) is 3.86. The van der Waals surface area contributed by atoms with Crippen LogP contribution >= 0.6 is 0 Å². The molecule has 1 fully saturated rings. The van der Waals surface area contributed by atoms with E-state index in [1.807, 2.05) is 0 Å². The fourth-order valence-corrected chi connectivity index (χ4v) is 2.90. The zero-order valence-electron chi connectivity index (χ0n) is 11.3. The Hall–Kier alpha value is -1.35. The van der Waals surface area contributed by atoms with E-state index in [9.17, 15) is 8.42 Å². The van der Waals surface area contributed by atoms with Gasteiger partial charge in [0, 0.05) is 17.9 Å². The number of rotatable bonds is 4. The lowest BCUT2D eigenvalue weighted by atomic mass is 10.1. The number of benzene rings is 1. The number of nitrogens with two attached hydrogens (primary N) is 2. The first-order valence-electron chi connectivity index (χ1n) is 6.24. The monoisotopic (exact) mass is 301 g/mol. The molecule has 1 heterocycles. The molecule has 0 amide bonds. The minimum Gasteiger partial charge on any atom is -0.399 e. The normalized spacial score (nSPS) is 19.8. The zero-order chi connectivity index (χ0) is 14.8. The van der Waals surface area contributed by atoms with E-state index in [-0.39, 0.29) is 11.0 Å². The molecule has 0 aliphatic carbocycles. The van der Waals surface area contributed by atoms with Gasteiger partial charge >= 0.3 is 0 Å². The molecule has 7 nitrogen and oxygen atoms in total. The van der Waals surface area contributed by atoms with Gasteiger partial charge in [-0.2, -0.15) is 0 Å². The summed E-state index contributed by atoms with van der Waals surface area (Å²) in [4.78, 5) is 0.0285. The molecule has 1 saturated heterocycles. The van der Waals surface area contributed by atoms with Gasteiger partial charge in [0.2, 0.25) is 10.0 Å². The summed E-state index contributed by atoms with van der Waals surface area (Å²) >= 11 is 0. The van der Waals surface area contributed by atoms with Crippen LogP contribution in [0.3, 0.4) is 0 Å². The average Bonchev–Trinajstić information content (AvgIpc) is 2.39. The third kappa shape index (κ3) is 3.60. The number of ether oxygens (including phenoxy) is 2. The van der Waals surface area contributed by atoms with Gasteiger partial charge in [-0.25, -0.2) is 13.6 Å². The lowest BCUT2D eigenvalue weighted by molar-refractivity contribution is -0.0818. The van der Waals surface area contributed by atoms with E-state index in [1.165, 1.54) is 6.07 Å². The first-order valence-corrected chi connectivity index (χ1v) is 7.78. The van der Waals surface area contributed by atoms with Gasteiger partial charge in [0.05, 0.1) is 30.8 Å². The van der Waals surface area contributed by atoms with Crippen molar-refractivity contribution in [1.29, 1.82) is 0 Å². The predicted octanol–water partition coefficient (Wildman–Crippen LogP) is 0.0519. The second-order valence-corrected chi connectivity index (χ2v) is 6.22. The van der Waals surface area contributed by atoms with Crippen LogP contribution in [-0.2, 0) is 19.5 Å². The number of hydrogen-bond donors (Lipinski definition) is 3. The molecule has 1 aliphatic rings. The molecule has 0 saturated carbocycles. The van der Waals surface area contributed by atoms with Gasteiger partial charge in [0.25, 0.3) is 0 Å². The van der Waals surface area contributed by atoms with Crippen molar-refractivity contribution < 1.29 is 17.9 Å². The fraction of sp³-hybridized carbons (Fsp3) is 0.500. The van der Waals surface area contributed by atoms with Crippen LogP contribution in [0, 0.1) is 6.92 Å². The van der Waals surface area contributed by atoms with Crippen molar-refractivity contribution in [3.8, 4) is 0 Å². The van der Waals surface area contributed by atoms with Crippen molar-refractivity contribution in [3.63, 3.8) is 0 Å². The van der Waals surface area contributed by atoms with E-state index in [2.05, 4.69) is 5.32 Å². The number of nitrogen functional groups attached to an aromatic ring is 1. The highest BCUT2D eigenvalue weighted by molar-refractivity contribution is 7.89. The third-order valence-corrected chi connectivity index (χ3v) is 4.13. The highest BCUT2D eigenvalue weighted by atomic mass is 32.2. The Labute approximate surface area is 118 Å². The molecule has 1 aromatic carbocycles. The summed E-state index contributed by atoms with van der Waals surface area (Å²) in [5.41, 5.74) is 7.22. The molecule has 1 aromatic rings. The first kappa shape index (κ1) is 15.0. The van der Waals surface area contributed by atoms with Gasteiger partial charge in [-0.3, -0.25) is 0 Å². The largest absolute Gasteiger partial charge is 0.399 e. The van der Waals surface area contributed by atoms with Crippen molar-refractivity contribution in [1.82, 2.24) is 0 Å². The molecule has 1 unspecified atom stereocenters. The first-order chi connectivity index (χ1) is 9.38. The van der Waals surface area contributed by atoms with Crippen LogP contribution in [0.25, 0.3) is 0 Å². The molecule has 8 heteroatoms. The van der Waals surface area contributed by atoms with Crippen LogP contribution in [0.15, 0.2) is 17.0 Å². The van der Waals surface area contributed by atoms with Crippen molar-refractivity contribution >= 4 is 21.4 Å². The third-order valence-electron chi connectivity index (χ3n) is 3.09. The maximum Gasteiger partial charge on any atom is 0.238 e. The molecule has 0 aromatic heterocycles. The number of nitrogens with one attached hydrogen (secondary N) is 1. The smallest absolute Gasteiger partial charge is 0.238 e. The van der Waals surface area contributed by atoms with Gasteiger partial charge in [-0.15, -0.1) is 0 Å². The molecular weight excluding hydrogens is 282 g/mol. The highest BCUT2D eigenvalue weighted by Crippen LogP contribution is 2.26. The number of anilines is 2. The Balaban J connectivity index is 2.17. The van der Waals surface area contributed by atoms with Gasteiger partial charge in [-0.1, -0.05) is 0 Å². The van der Waals surface area contributed by atoms with Crippen molar-refractivity contribution in [3.05, 3.63) is 17.7 Å². The standard InChI is InChI=1S/C12H19N3O4S/c1-8-11(15-6-10-7-18-2-3-19-10)4-9(13)5-12(8)20(14,16)17/h4-5,10,15H,2-3,6-7,13H2,1H3,(H2,14,16,17).